The number of pyridine rings is 1. The van der Waals surface area contributed by atoms with Gasteiger partial charge in [0.1, 0.15) is 22.9 Å². The number of anilines is 1. The molecule has 0 spiro atoms. The third-order valence-corrected chi connectivity index (χ3v) is 7.39. The number of hydrogen-bond acceptors (Lipinski definition) is 10. The number of nitrogens with zero attached hydrogens (tertiary/aromatic N) is 4. The topological polar surface area (TPSA) is 126 Å². The largest absolute Gasteiger partial charge is 0.474 e. The summed E-state index contributed by atoms with van der Waals surface area (Å²) < 4.78 is 117. The van der Waals surface area contributed by atoms with Crippen molar-refractivity contribution in [3.05, 3.63) is 65.6 Å². The van der Waals surface area contributed by atoms with Crippen LogP contribution in [0.5, 0.6) is 5.88 Å². The van der Waals surface area contributed by atoms with Crippen LogP contribution in [0, 0.1) is 0 Å². The predicted molar refractivity (Wildman–Crippen MR) is 174 cm³/mol. The summed E-state index contributed by atoms with van der Waals surface area (Å²) in [5.74, 6) is -3.02. The highest BCUT2D eigenvalue weighted by molar-refractivity contribution is 6.11. The molecule has 2 aromatic heterocycles. The molecule has 3 heterocycles. The maximum absolute atomic E-state index is 15.2. The van der Waals surface area contributed by atoms with Crippen molar-refractivity contribution in [3.8, 4) is 17.5 Å². The number of halogens is 6. The van der Waals surface area contributed by atoms with Gasteiger partial charge in [0.05, 0.1) is 12.3 Å². The molecule has 0 aliphatic carbocycles. The Labute approximate surface area is 296 Å². The second-order valence-corrected chi connectivity index (χ2v) is 13.9. The minimum Gasteiger partial charge on any atom is -0.474 e. The number of aromatic nitrogens is 3. The van der Waals surface area contributed by atoms with Crippen LogP contribution in [0.3, 0.4) is 0 Å². The lowest BCUT2D eigenvalue weighted by Gasteiger charge is -2.32. The van der Waals surface area contributed by atoms with Crippen LogP contribution in [-0.2, 0) is 32.6 Å². The number of amides is 2. The van der Waals surface area contributed by atoms with Crippen LogP contribution in [-0.4, -0.2) is 50.9 Å². The average molecular weight is 743 g/mol. The molecular weight excluding hydrogens is 702 g/mol. The van der Waals surface area contributed by atoms with Gasteiger partial charge in [0.15, 0.2) is 5.69 Å². The van der Waals surface area contributed by atoms with Crippen molar-refractivity contribution in [1.29, 1.82) is 0 Å². The number of imide groups is 1. The summed E-state index contributed by atoms with van der Waals surface area (Å²) >= 11 is 0. The number of hydrogen-bond donors (Lipinski definition) is 0. The molecule has 0 fully saturated rings. The summed E-state index contributed by atoms with van der Waals surface area (Å²) in [5.41, 5.74) is -8.69. The van der Waals surface area contributed by atoms with Gasteiger partial charge in [0.25, 0.3) is 11.8 Å². The second kappa shape index (κ2) is 15.1. The highest BCUT2D eigenvalue weighted by Gasteiger charge is 2.61. The minimum absolute atomic E-state index is 0.0906. The number of allylic oxidation sites excluding steroid dienone is 1. The Kier molecular flexibility index (Phi) is 11.7. The van der Waals surface area contributed by atoms with E-state index in [1.165, 1.54) is 53.7 Å². The van der Waals surface area contributed by atoms with E-state index in [9.17, 15) is 22.8 Å². The van der Waals surface area contributed by atoms with Crippen LogP contribution in [0.15, 0.2) is 53.0 Å². The van der Waals surface area contributed by atoms with E-state index in [0.717, 1.165) is 0 Å². The van der Waals surface area contributed by atoms with Gasteiger partial charge in [-0.3, -0.25) is 0 Å². The first-order valence-electron chi connectivity index (χ1n) is 16.3. The number of ether oxygens (including phenoxy) is 4. The van der Waals surface area contributed by atoms with E-state index in [4.69, 9.17) is 23.4 Å². The molecule has 1 aromatic carbocycles. The maximum Gasteiger partial charge on any atom is 0.426 e. The molecule has 0 N–H and O–H groups in total. The van der Waals surface area contributed by atoms with Gasteiger partial charge in [-0.15, -0.1) is 10.2 Å². The molecule has 3 aromatic rings. The zero-order chi connectivity index (χ0) is 38.7. The molecule has 2 amide bonds. The smallest absolute Gasteiger partial charge is 0.426 e. The molecule has 11 nitrogen and oxygen atoms in total. The monoisotopic (exact) mass is 742 g/mol. The lowest BCUT2D eigenvalue weighted by atomic mass is 9.97. The van der Waals surface area contributed by atoms with Gasteiger partial charge >= 0.3 is 24.5 Å². The summed E-state index contributed by atoms with van der Waals surface area (Å²) in [7, 11) is 0. The van der Waals surface area contributed by atoms with Crippen LogP contribution in [0.1, 0.15) is 91.2 Å². The molecule has 1 aliphatic rings. The molecule has 17 heteroatoms. The third-order valence-electron chi connectivity index (χ3n) is 7.39. The molecule has 1 unspecified atom stereocenters. The van der Waals surface area contributed by atoms with Crippen LogP contribution in [0.4, 0.5) is 41.6 Å². The highest BCUT2D eigenvalue weighted by atomic mass is 19.4. The van der Waals surface area contributed by atoms with Crippen molar-refractivity contribution in [2.24, 2.45) is 0 Å². The zero-order valence-electron chi connectivity index (χ0n) is 29.6. The van der Waals surface area contributed by atoms with Crippen LogP contribution >= 0.6 is 0 Å². The summed E-state index contributed by atoms with van der Waals surface area (Å²) in [6, 6.07) is 8.37. The Bertz CT molecular complexity index is 1720. The average Bonchev–Trinajstić information content (AvgIpc) is 3.50. The summed E-state index contributed by atoms with van der Waals surface area (Å²) in [6.45, 7) is 9.74. The van der Waals surface area contributed by atoms with Crippen molar-refractivity contribution in [1.82, 2.24) is 15.2 Å². The number of alkyl halides is 6. The van der Waals surface area contributed by atoms with E-state index < -0.39 is 95.1 Å². The number of carbonyl (C=O) groups excluding carboxylic acids is 2. The molecular formula is C35H40F6N4O7. The van der Waals surface area contributed by atoms with Gasteiger partial charge in [0.2, 0.25) is 11.5 Å². The number of carbonyl (C=O) groups is 2. The van der Waals surface area contributed by atoms with E-state index in [2.05, 4.69) is 15.2 Å². The van der Waals surface area contributed by atoms with Gasteiger partial charge in [-0.25, -0.2) is 14.6 Å². The first-order chi connectivity index (χ1) is 24.0. The lowest BCUT2D eigenvalue weighted by molar-refractivity contribution is -0.295. The van der Waals surface area contributed by atoms with E-state index in [-0.39, 0.29) is 24.2 Å². The maximum atomic E-state index is 15.2. The molecule has 1 aliphatic heterocycles. The first-order valence-corrected chi connectivity index (χ1v) is 16.3. The van der Waals surface area contributed by atoms with Gasteiger partial charge < -0.3 is 23.4 Å². The Morgan fingerprint density at radius 3 is 2.08 bits per heavy atom. The second-order valence-electron chi connectivity index (χ2n) is 13.9. The normalized spacial score (nSPS) is 19.2. The molecule has 0 radical (unpaired) electrons. The first kappa shape index (κ1) is 40.1. The van der Waals surface area contributed by atoms with Gasteiger partial charge in [0, 0.05) is 6.42 Å². The van der Waals surface area contributed by atoms with E-state index in [1.54, 1.807) is 37.3 Å². The fourth-order valence-corrected chi connectivity index (χ4v) is 4.94. The molecule has 284 valence electrons. The van der Waals surface area contributed by atoms with Gasteiger partial charge in [-0.1, -0.05) is 49.4 Å². The van der Waals surface area contributed by atoms with Crippen LogP contribution < -0.4 is 9.64 Å². The third kappa shape index (κ3) is 9.60. The van der Waals surface area contributed by atoms with Crippen molar-refractivity contribution >= 4 is 17.9 Å². The van der Waals surface area contributed by atoms with Crippen molar-refractivity contribution in [3.63, 3.8) is 0 Å². The number of benzene rings is 1. The Morgan fingerprint density at radius 2 is 1.54 bits per heavy atom. The molecule has 4 rings (SSSR count). The fourth-order valence-electron chi connectivity index (χ4n) is 4.94. The molecule has 52 heavy (non-hydrogen) atoms. The van der Waals surface area contributed by atoms with Crippen LogP contribution in [0.2, 0.25) is 0 Å². The van der Waals surface area contributed by atoms with Gasteiger partial charge in [-0.2, -0.15) is 31.2 Å². The fraction of sp³-hybridized carbons (Fsp3) is 0.514. The summed E-state index contributed by atoms with van der Waals surface area (Å²) in [6.07, 6.45) is -12.1. The quantitative estimate of drug-likeness (QED) is 0.184. The molecule has 2 atom stereocenters. The molecule has 4 bridgehead atoms. The standard InChI is InChI=1S/C35H40F6N4O7/c1-8-22-17-13-10-14-18-33(35(39,40)41,48-20-21-15-11-9-12-16-21)28-44-43-27(50-28)25-24(19-23(34(36,37)38)26(42-25)49-22)45(29(46)51-31(2,3)4)30(47)52-32(5,6)7/h9-12,14-16,19,22H,8,13,17-18,20H2,1-7H3/b14-10+/t22?,33-/m1/s1. The van der Waals surface area contributed by atoms with Crippen molar-refractivity contribution < 1.29 is 59.3 Å². The zero-order valence-corrected chi connectivity index (χ0v) is 29.6. The Morgan fingerprint density at radius 1 is 0.923 bits per heavy atom. The SMILES string of the molecule is CCC1CC/C=C/C[C@](OCc2ccccc2)(C(F)(F)F)c2nnc(o2)-c2nc(c(C(F)(F)F)cc2N(C(=O)OC(C)(C)C)C(=O)OC(C)(C)C)O1. The molecule has 0 saturated carbocycles. The van der Waals surface area contributed by atoms with Gasteiger partial charge in [-0.05, 0) is 72.4 Å². The van der Waals surface area contributed by atoms with E-state index >= 15 is 13.2 Å². The minimum atomic E-state index is -5.18. The Balaban J connectivity index is 2.06. The molecule has 0 saturated heterocycles. The number of fused-ring (bicyclic) bond motifs is 5. The highest BCUT2D eigenvalue weighted by Crippen LogP contribution is 2.48. The Hall–Kier alpha value is -4.67. The van der Waals surface area contributed by atoms with E-state index in [0.29, 0.717) is 11.6 Å². The summed E-state index contributed by atoms with van der Waals surface area (Å²) in [5, 5.41) is 7.39. The summed E-state index contributed by atoms with van der Waals surface area (Å²) in [4.78, 5) is 31.4. The van der Waals surface area contributed by atoms with Crippen molar-refractivity contribution in [2.75, 3.05) is 4.90 Å². The predicted octanol–water partition coefficient (Wildman–Crippen LogP) is 9.70. The van der Waals surface area contributed by atoms with E-state index in [1.807, 2.05) is 0 Å². The van der Waals surface area contributed by atoms with Crippen molar-refractivity contribution in [2.45, 2.75) is 116 Å². The van der Waals surface area contributed by atoms with Crippen LogP contribution in [0.25, 0.3) is 11.6 Å². The lowest BCUT2D eigenvalue weighted by Crippen LogP contribution is -2.45. The number of rotatable bonds is 5.